The van der Waals surface area contributed by atoms with Gasteiger partial charge in [0.1, 0.15) is 29.2 Å². The molecule has 152 valence electrons. The molecular weight excluding hydrogens is 409 g/mol. The third kappa shape index (κ3) is 11.4. The summed E-state index contributed by atoms with van der Waals surface area (Å²) in [6, 6.07) is 3.59. The Morgan fingerprint density at radius 3 is 2.56 bits per heavy atom. The molecule has 0 heterocycles. The second kappa shape index (κ2) is 14.9. The number of halogens is 3. The fourth-order valence-corrected chi connectivity index (χ4v) is 2.69. The molecule has 0 aliphatic heterocycles. The molecule has 0 bridgehead atoms. The molecule has 0 aliphatic carbocycles. The maximum Gasteiger partial charge on any atom is 0.141 e. The number of unbranched alkanes of at least 4 members (excludes halogenated alkanes) is 4. The highest BCUT2D eigenvalue weighted by molar-refractivity contribution is 6.55. The van der Waals surface area contributed by atoms with Gasteiger partial charge in [0.05, 0.1) is 11.6 Å². The van der Waals surface area contributed by atoms with Crippen LogP contribution < -0.4 is 9.47 Å². The fourth-order valence-electron chi connectivity index (χ4n) is 2.25. The number of ether oxygens (including phenoxy) is 2. The molecule has 0 atom stereocenters. The first kappa shape index (κ1) is 23.9. The van der Waals surface area contributed by atoms with Crippen molar-refractivity contribution in [3.63, 3.8) is 0 Å². The molecule has 0 saturated carbocycles. The Bertz CT molecular complexity index is 579. The van der Waals surface area contributed by atoms with E-state index in [0.29, 0.717) is 29.7 Å². The summed E-state index contributed by atoms with van der Waals surface area (Å²) in [6.07, 6.45) is 9.73. The van der Waals surface area contributed by atoms with E-state index in [-0.39, 0.29) is 11.1 Å². The van der Waals surface area contributed by atoms with Crippen molar-refractivity contribution < 1.29 is 14.3 Å². The molecule has 0 radical (unpaired) electrons. The molecule has 0 unspecified atom stereocenters. The van der Waals surface area contributed by atoms with E-state index in [0.717, 1.165) is 31.2 Å². The standard InChI is InChI=1S/C20H28Cl3NO3/c1-3-4-5-6-10-24-27-12-8-7-11-26-20-16(2)14-17(15-18(20)21)25-13-9-19(22)23/h9-10,14-15H,3-8,11-13H2,1-2H3/b24-10+. The molecule has 0 amide bonds. The average Bonchev–Trinajstić information content (AvgIpc) is 2.61. The minimum absolute atomic E-state index is 0.170. The van der Waals surface area contributed by atoms with E-state index in [1.165, 1.54) is 12.8 Å². The van der Waals surface area contributed by atoms with E-state index in [4.69, 9.17) is 49.1 Å². The van der Waals surface area contributed by atoms with Gasteiger partial charge in [-0.15, -0.1) is 0 Å². The lowest BCUT2D eigenvalue weighted by Gasteiger charge is -2.13. The summed E-state index contributed by atoms with van der Waals surface area (Å²) in [7, 11) is 0. The summed E-state index contributed by atoms with van der Waals surface area (Å²) in [5, 5.41) is 4.46. The van der Waals surface area contributed by atoms with Crippen LogP contribution in [-0.4, -0.2) is 26.0 Å². The highest BCUT2D eigenvalue weighted by atomic mass is 35.5. The Hall–Kier alpha value is -1.10. The van der Waals surface area contributed by atoms with Crippen molar-refractivity contribution in [2.24, 2.45) is 5.16 Å². The largest absolute Gasteiger partial charge is 0.492 e. The van der Waals surface area contributed by atoms with Gasteiger partial charge in [-0.1, -0.05) is 59.7 Å². The van der Waals surface area contributed by atoms with Gasteiger partial charge in [0, 0.05) is 12.3 Å². The Labute approximate surface area is 177 Å². The smallest absolute Gasteiger partial charge is 0.141 e. The van der Waals surface area contributed by atoms with Crippen LogP contribution in [0.15, 0.2) is 27.9 Å². The van der Waals surface area contributed by atoms with Crippen LogP contribution in [0, 0.1) is 6.92 Å². The lowest BCUT2D eigenvalue weighted by molar-refractivity contribution is 0.136. The van der Waals surface area contributed by atoms with Crippen molar-refractivity contribution in [2.45, 2.75) is 52.4 Å². The number of rotatable bonds is 14. The number of benzene rings is 1. The quantitative estimate of drug-likeness (QED) is 0.177. The van der Waals surface area contributed by atoms with Crippen LogP contribution in [0.25, 0.3) is 0 Å². The van der Waals surface area contributed by atoms with E-state index < -0.39 is 0 Å². The van der Waals surface area contributed by atoms with E-state index in [1.807, 2.05) is 19.2 Å². The molecule has 7 heteroatoms. The van der Waals surface area contributed by atoms with Gasteiger partial charge in [0.15, 0.2) is 0 Å². The molecular formula is C20H28Cl3NO3. The van der Waals surface area contributed by atoms with Gasteiger partial charge in [0.25, 0.3) is 0 Å². The Morgan fingerprint density at radius 1 is 1.07 bits per heavy atom. The Kier molecular flexibility index (Phi) is 13.2. The average molecular weight is 437 g/mol. The van der Waals surface area contributed by atoms with Crippen molar-refractivity contribution in [1.82, 2.24) is 0 Å². The van der Waals surface area contributed by atoms with Gasteiger partial charge in [-0.25, -0.2) is 0 Å². The van der Waals surface area contributed by atoms with Crippen molar-refractivity contribution in [1.29, 1.82) is 0 Å². The second-order valence-electron chi connectivity index (χ2n) is 6.03. The number of hydrogen-bond acceptors (Lipinski definition) is 4. The third-order valence-corrected chi connectivity index (χ3v) is 4.24. The lowest BCUT2D eigenvalue weighted by atomic mass is 10.2. The zero-order valence-corrected chi connectivity index (χ0v) is 18.2. The van der Waals surface area contributed by atoms with Gasteiger partial charge in [0.2, 0.25) is 0 Å². The molecule has 1 aromatic carbocycles. The molecule has 0 saturated heterocycles. The normalized spacial score (nSPS) is 10.9. The Balaban J connectivity index is 2.25. The zero-order chi connectivity index (χ0) is 19.9. The van der Waals surface area contributed by atoms with E-state index in [9.17, 15) is 0 Å². The summed E-state index contributed by atoms with van der Waals surface area (Å²) in [4.78, 5) is 5.23. The predicted molar refractivity (Wildman–Crippen MR) is 115 cm³/mol. The number of aryl methyl sites for hydroxylation is 1. The lowest BCUT2D eigenvalue weighted by Crippen LogP contribution is -2.02. The van der Waals surface area contributed by atoms with Crippen LogP contribution in [0.1, 0.15) is 51.0 Å². The monoisotopic (exact) mass is 435 g/mol. The van der Waals surface area contributed by atoms with E-state index >= 15 is 0 Å². The van der Waals surface area contributed by atoms with Crippen molar-refractivity contribution in [3.05, 3.63) is 33.3 Å². The number of hydrogen-bond donors (Lipinski definition) is 0. The molecule has 27 heavy (non-hydrogen) atoms. The number of oxime groups is 1. The van der Waals surface area contributed by atoms with Gasteiger partial charge < -0.3 is 14.3 Å². The first-order chi connectivity index (χ1) is 13.0. The van der Waals surface area contributed by atoms with Gasteiger partial charge in [-0.2, -0.15) is 0 Å². The SMILES string of the molecule is CCCCC/C=N/OCCCCOc1c(C)cc(OCC=C(Cl)Cl)cc1Cl. The molecule has 1 rings (SSSR count). The van der Waals surface area contributed by atoms with Crippen LogP contribution in [0.3, 0.4) is 0 Å². The van der Waals surface area contributed by atoms with Crippen molar-refractivity contribution >= 4 is 41.0 Å². The van der Waals surface area contributed by atoms with Crippen LogP contribution in [0.5, 0.6) is 11.5 Å². The van der Waals surface area contributed by atoms with Crippen molar-refractivity contribution in [2.75, 3.05) is 19.8 Å². The summed E-state index contributed by atoms with van der Waals surface area (Å²) < 4.78 is 11.5. The summed E-state index contributed by atoms with van der Waals surface area (Å²) in [6.45, 7) is 5.54. The van der Waals surface area contributed by atoms with Crippen LogP contribution >= 0.6 is 34.8 Å². The first-order valence-corrected chi connectivity index (χ1v) is 10.4. The maximum absolute atomic E-state index is 6.29. The molecule has 0 aromatic heterocycles. The third-order valence-electron chi connectivity index (χ3n) is 3.65. The summed E-state index contributed by atoms with van der Waals surface area (Å²) in [5.41, 5.74) is 0.909. The molecule has 0 fully saturated rings. The van der Waals surface area contributed by atoms with Crippen molar-refractivity contribution in [3.8, 4) is 11.5 Å². The maximum atomic E-state index is 6.29. The number of nitrogens with zero attached hydrogens (tertiary/aromatic N) is 1. The second-order valence-corrected chi connectivity index (χ2v) is 7.44. The van der Waals surface area contributed by atoms with Gasteiger partial charge in [-0.05, 0) is 50.3 Å². The summed E-state index contributed by atoms with van der Waals surface area (Å²) in [5.74, 6) is 1.31. The molecule has 0 spiro atoms. The topological polar surface area (TPSA) is 40.0 Å². The molecule has 0 aliphatic rings. The fraction of sp³-hybridized carbons (Fsp3) is 0.550. The first-order valence-electron chi connectivity index (χ1n) is 9.25. The van der Waals surface area contributed by atoms with E-state index in [1.54, 1.807) is 12.1 Å². The van der Waals surface area contributed by atoms with Crippen LogP contribution in [-0.2, 0) is 4.84 Å². The zero-order valence-electron chi connectivity index (χ0n) is 16.0. The highest BCUT2D eigenvalue weighted by Gasteiger charge is 2.09. The van der Waals surface area contributed by atoms with Crippen LogP contribution in [0.2, 0.25) is 5.02 Å². The minimum Gasteiger partial charge on any atom is -0.492 e. The molecule has 1 aromatic rings. The minimum atomic E-state index is 0.170. The van der Waals surface area contributed by atoms with Gasteiger partial charge >= 0.3 is 0 Å². The summed E-state index contributed by atoms with van der Waals surface area (Å²) >= 11 is 17.4. The Morgan fingerprint density at radius 2 is 1.85 bits per heavy atom. The molecule has 4 nitrogen and oxygen atoms in total. The molecule has 0 N–H and O–H groups in total. The van der Waals surface area contributed by atoms with E-state index in [2.05, 4.69) is 12.1 Å². The highest BCUT2D eigenvalue weighted by Crippen LogP contribution is 2.33. The predicted octanol–water partition coefficient (Wildman–Crippen LogP) is 7.09. The van der Waals surface area contributed by atoms with Crippen LogP contribution in [0.4, 0.5) is 0 Å². The van der Waals surface area contributed by atoms with Gasteiger partial charge in [-0.3, -0.25) is 0 Å².